The summed E-state index contributed by atoms with van der Waals surface area (Å²) in [5.41, 5.74) is 3.50. The number of para-hydroxylation sites is 1. The highest BCUT2D eigenvalue weighted by Gasteiger charge is 2.35. The normalized spacial score (nSPS) is 16.3. The molecule has 3 aromatic rings. The Labute approximate surface area is 202 Å². The predicted molar refractivity (Wildman–Crippen MR) is 130 cm³/mol. The molecule has 35 heavy (non-hydrogen) atoms. The summed E-state index contributed by atoms with van der Waals surface area (Å²) in [5.74, 6) is 0.123. The first-order chi connectivity index (χ1) is 17.0. The molecule has 3 amide bonds. The average Bonchev–Trinajstić information content (AvgIpc) is 3.49. The first kappa shape index (κ1) is 22.5. The maximum atomic E-state index is 13.0. The molecule has 0 spiro atoms. The van der Waals surface area contributed by atoms with E-state index in [-0.39, 0.29) is 30.9 Å². The smallest absolute Gasteiger partial charge is 0.253 e. The Bertz CT molecular complexity index is 1290. The molecule has 178 valence electrons. The van der Waals surface area contributed by atoms with Crippen molar-refractivity contribution < 1.29 is 23.9 Å². The lowest BCUT2D eigenvalue weighted by Crippen LogP contribution is -2.29. The highest BCUT2D eigenvalue weighted by atomic mass is 16.7. The van der Waals surface area contributed by atoms with Crippen molar-refractivity contribution >= 4 is 29.1 Å². The first-order valence-corrected chi connectivity index (χ1v) is 11.4. The SMILES string of the molecule is Cc1ccc(N2C[C@@H](C(=O)Nc3ccccc3C(=O)NCc3ccc4c(c3)OCO4)CC2=O)cc1. The van der Waals surface area contributed by atoms with Crippen molar-refractivity contribution in [3.8, 4) is 11.5 Å². The number of rotatable bonds is 6. The van der Waals surface area contributed by atoms with E-state index in [4.69, 9.17) is 9.47 Å². The number of carbonyl (C=O) groups excluding carboxylic acids is 3. The van der Waals surface area contributed by atoms with Gasteiger partial charge in [0.05, 0.1) is 17.2 Å². The van der Waals surface area contributed by atoms with Gasteiger partial charge in [0.25, 0.3) is 5.91 Å². The summed E-state index contributed by atoms with van der Waals surface area (Å²) in [7, 11) is 0. The largest absolute Gasteiger partial charge is 0.454 e. The molecule has 2 N–H and O–H groups in total. The van der Waals surface area contributed by atoms with Gasteiger partial charge in [-0.25, -0.2) is 0 Å². The van der Waals surface area contributed by atoms with Gasteiger partial charge < -0.3 is 25.0 Å². The standard InChI is InChI=1S/C27H25N3O5/c1-17-6-9-20(10-7-17)30-15-19(13-25(30)31)26(32)29-22-5-3-2-4-21(22)27(33)28-14-18-8-11-23-24(12-18)35-16-34-23/h2-12,19H,13-16H2,1H3,(H,28,33)(H,29,32)/t19-/m0/s1. The van der Waals surface area contributed by atoms with Crippen LogP contribution in [0.4, 0.5) is 11.4 Å². The molecule has 8 heteroatoms. The lowest BCUT2D eigenvalue weighted by atomic mass is 10.1. The van der Waals surface area contributed by atoms with Gasteiger partial charge in [0.1, 0.15) is 0 Å². The zero-order valence-corrected chi connectivity index (χ0v) is 19.2. The van der Waals surface area contributed by atoms with Crippen molar-refractivity contribution in [1.82, 2.24) is 5.32 Å². The van der Waals surface area contributed by atoms with Gasteiger partial charge in [0.15, 0.2) is 11.5 Å². The zero-order chi connectivity index (χ0) is 24.4. The number of hydrogen-bond donors (Lipinski definition) is 2. The third kappa shape index (κ3) is 4.82. The Morgan fingerprint density at radius 2 is 1.77 bits per heavy atom. The molecule has 3 aromatic carbocycles. The van der Waals surface area contributed by atoms with E-state index in [0.717, 1.165) is 16.8 Å². The number of nitrogens with one attached hydrogen (secondary N) is 2. The Hall–Kier alpha value is -4.33. The van der Waals surface area contributed by atoms with Gasteiger partial charge in [-0.2, -0.15) is 0 Å². The fourth-order valence-corrected chi connectivity index (χ4v) is 4.21. The highest BCUT2D eigenvalue weighted by Crippen LogP contribution is 2.32. The minimum absolute atomic E-state index is 0.0937. The Balaban J connectivity index is 1.23. The average molecular weight is 472 g/mol. The number of amides is 3. The fraction of sp³-hybridized carbons (Fsp3) is 0.222. The van der Waals surface area contributed by atoms with Crippen molar-refractivity contribution in [2.24, 2.45) is 5.92 Å². The maximum absolute atomic E-state index is 13.0. The molecule has 0 radical (unpaired) electrons. The van der Waals surface area contributed by atoms with Crippen molar-refractivity contribution in [1.29, 1.82) is 0 Å². The van der Waals surface area contributed by atoms with Gasteiger partial charge in [0.2, 0.25) is 18.6 Å². The van der Waals surface area contributed by atoms with Gasteiger partial charge >= 0.3 is 0 Å². The number of fused-ring (bicyclic) bond motifs is 1. The van der Waals surface area contributed by atoms with Crippen LogP contribution in [0, 0.1) is 12.8 Å². The molecule has 1 saturated heterocycles. The van der Waals surface area contributed by atoms with Crippen LogP contribution in [-0.2, 0) is 16.1 Å². The first-order valence-electron chi connectivity index (χ1n) is 11.4. The summed E-state index contributed by atoms with van der Waals surface area (Å²) < 4.78 is 10.7. The summed E-state index contributed by atoms with van der Waals surface area (Å²) in [5, 5.41) is 5.73. The fourth-order valence-electron chi connectivity index (χ4n) is 4.21. The molecular weight excluding hydrogens is 446 g/mol. The summed E-state index contributed by atoms with van der Waals surface area (Å²) in [4.78, 5) is 40.1. The minimum atomic E-state index is -0.506. The number of carbonyl (C=O) groups is 3. The molecule has 0 aromatic heterocycles. The monoisotopic (exact) mass is 471 g/mol. The van der Waals surface area contributed by atoms with E-state index in [0.29, 0.717) is 35.8 Å². The van der Waals surface area contributed by atoms with Gasteiger partial charge in [-0.1, -0.05) is 35.9 Å². The molecular formula is C27H25N3O5. The van der Waals surface area contributed by atoms with Crippen LogP contribution in [-0.4, -0.2) is 31.1 Å². The molecule has 0 unspecified atom stereocenters. The van der Waals surface area contributed by atoms with Crippen molar-refractivity contribution in [3.05, 3.63) is 83.4 Å². The topological polar surface area (TPSA) is 97.0 Å². The van der Waals surface area contributed by atoms with Crippen LogP contribution in [0.5, 0.6) is 11.5 Å². The van der Waals surface area contributed by atoms with E-state index in [2.05, 4.69) is 10.6 Å². The third-order valence-corrected chi connectivity index (χ3v) is 6.16. The van der Waals surface area contributed by atoms with Crippen LogP contribution in [0.2, 0.25) is 0 Å². The van der Waals surface area contributed by atoms with Crippen LogP contribution in [0.3, 0.4) is 0 Å². The van der Waals surface area contributed by atoms with Gasteiger partial charge in [0, 0.05) is 25.2 Å². The van der Waals surface area contributed by atoms with E-state index >= 15 is 0 Å². The van der Waals surface area contributed by atoms with Crippen LogP contribution >= 0.6 is 0 Å². The Morgan fingerprint density at radius 3 is 2.60 bits per heavy atom. The molecule has 8 nitrogen and oxygen atoms in total. The summed E-state index contributed by atoms with van der Waals surface area (Å²) in [6.45, 7) is 2.76. The number of ether oxygens (including phenoxy) is 2. The van der Waals surface area contributed by atoms with Crippen LogP contribution in [0.15, 0.2) is 66.7 Å². The number of anilines is 2. The number of aryl methyl sites for hydroxylation is 1. The second-order valence-electron chi connectivity index (χ2n) is 8.65. The third-order valence-electron chi connectivity index (χ3n) is 6.16. The molecule has 1 atom stereocenters. The minimum Gasteiger partial charge on any atom is -0.454 e. The quantitative estimate of drug-likeness (QED) is 0.572. The van der Waals surface area contributed by atoms with Crippen LogP contribution in [0.1, 0.15) is 27.9 Å². The second kappa shape index (κ2) is 9.50. The lowest BCUT2D eigenvalue weighted by Gasteiger charge is -2.17. The number of hydrogen-bond acceptors (Lipinski definition) is 5. The lowest BCUT2D eigenvalue weighted by molar-refractivity contribution is -0.122. The van der Waals surface area contributed by atoms with Crippen molar-refractivity contribution in [2.75, 3.05) is 23.6 Å². The molecule has 5 rings (SSSR count). The second-order valence-corrected chi connectivity index (χ2v) is 8.65. The van der Waals surface area contributed by atoms with Gasteiger partial charge in [-0.05, 0) is 48.9 Å². The Kier molecular flexibility index (Phi) is 6.10. The summed E-state index contributed by atoms with van der Waals surface area (Å²) in [6.07, 6.45) is 0.123. The number of benzene rings is 3. The van der Waals surface area contributed by atoms with E-state index in [9.17, 15) is 14.4 Å². The molecule has 0 aliphatic carbocycles. The summed E-state index contributed by atoms with van der Waals surface area (Å²) >= 11 is 0. The van der Waals surface area contributed by atoms with Crippen molar-refractivity contribution in [3.63, 3.8) is 0 Å². The Morgan fingerprint density at radius 1 is 1.00 bits per heavy atom. The molecule has 2 aliphatic heterocycles. The predicted octanol–water partition coefficient (Wildman–Crippen LogP) is 3.65. The van der Waals surface area contributed by atoms with Crippen molar-refractivity contribution in [2.45, 2.75) is 19.9 Å². The van der Waals surface area contributed by atoms with E-state index < -0.39 is 5.92 Å². The van der Waals surface area contributed by atoms with Gasteiger partial charge in [-0.3, -0.25) is 14.4 Å². The van der Waals surface area contributed by atoms with Crippen LogP contribution < -0.4 is 25.0 Å². The van der Waals surface area contributed by atoms with E-state index in [1.165, 1.54) is 0 Å². The molecule has 0 bridgehead atoms. The molecule has 0 saturated carbocycles. The molecule has 2 aliphatic rings. The van der Waals surface area contributed by atoms with Crippen LogP contribution in [0.25, 0.3) is 0 Å². The van der Waals surface area contributed by atoms with Gasteiger partial charge in [-0.15, -0.1) is 0 Å². The summed E-state index contributed by atoms with van der Waals surface area (Å²) in [6, 6.07) is 20.0. The number of nitrogens with zero attached hydrogens (tertiary/aromatic N) is 1. The molecule has 2 heterocycles. The highest BCUT2D eigenvalue weighted by molar-refractivity contribution is 6.07. The molecule has 1 fully saturated rings. The maximum Gasteiger partial charge on any atom is 0.253 e. The van der Waals surface area contributed by atoms with E-state index in [1.54, 1.807) is 35.2 Å². The van der Waals surface area contributed by atoms with E-state index in [1.807, 2.05) is 43.3 Å². The zero-order valence-electron chi connectivity index (χ0n) is 19.2.